The Morgan fingerprint density at radius 1 is 1.22 bits per heavy atom. The molecule has 1 aromatic carbocycles. The number of carbonyl (C=O) groups excluding carboxylic acids is 1. The SMILES string of the molecule is CCN(CC)c1ccc(NC(=O)CSc2nnnn2Cc2ccco2)cc1. The van der Waals surface area contributed by atoms with Crippen molar-refractivity contribution in [1.82, 2.24) is 20.2 Å². The molecule has 142 valence electrons. The average Bonchev–Trinajstić information content (AvgIpc) is 3.35. The lowest BCUT2D eigenvalue weighted by Gasteiger charge is -2.21. The minimum absolute atomic E-state index is 0.108. The Bertz CT molecular complexity index is 843. The van der Waals surface area contributed by atoms with Crippen LogP contribution in [0.1, 0.15) is 19.6 Å². The van der Waals surface area contributed by atoms with E-state index in [1.807, 2.05) is 36.4 Å². The van der Waals surface area contributed by atoms with Crippen molar-refractivity contribution >= 4 is 29.0 Å². The van der Waals surface area contributed by atoms with Crippen LogP contribution in [0.2, 0.25) is 0 Å². The highest BCUT2D eigenvalue weighted by Crippen LogP contribution is 2.19. The Labute approximate surface area is 161 Å². The molecule has 1 amide bonds. The first-order valence-corrected chi connectivity index (χ1v) is 9.74. The van der Waals surface area contributed by atoms with Gasteiger partial charge in [-0.05, 0) is 60.7 Å². The van der Waals surface area contributed by atoms with Crippen LogP contribution >= 0.6 is 11.8 Å². The minimum Gasteiger partial charge on any atom is -0.467 e. The van der Waals surface area contributed by atoms with E-state index >= 15 is 0 Å². The number of tetrazole rings is 1. The van der Waals surface area contributed by atoms with Gasteiger partial charge in [0.05, 0.1) is 12.0 Å². The molecule has 8 nitrogen and oxygen atoms in total. The van der Waals surface area contributed by atoms with Crippen LogP contribution in [0, 0.1) is 0 Å². The fourth-order valence-corrected chi connectivity index (χ4v) is 3.30. The van der Waals surface area contributed by atoms with Gasteiger partial charge in [-0.3, -0.25) is 4.79 Å². The third kappa shape index (κ3) is 5.10. The number of furan rings is 1. The lowest BCUT2D eigenvalue weighted by atomic mass is 10.2. The van der Waals surface area contributed by atoms with Gasteiger partial charge < -0.3 is 14.6 Å². The summed E-state index contributed by atoms with van der Waals surface area (Å²) in [7, 11) is 0. The fourth-order valence-electron chi connectivity index (χ4n) is 2.62. The van der Waals surface area contributed by atoms with E-state index in [-0.39, 0.29) is 11.7 Å². The second kappa shape index (κ2) is 9.22. The van der Waals surface area contributed by atoms with Gasteiger partial charge in [0.2, 0.25) is 11.1 Å². The normalized spacial score (nSPS) is 10.7. The minimum atomic E-state index is -0.108. The number of amides is 1. The van der Waals surface area contributed by atoms with E-state index in [2.05, 4.69) is 39.6 Å². The molecule has 2 heterocycles. The zero-order valence-electron chi connectivity index (χ0n) is 15.3. The van der Waals surface area contributed by atoms with Gasteiger partial charge in [-0.15, -0.1) is 5.10 Å². The molecule has 0 radical (unpaired) electrons. The number of nitrogens with one attached hydrogen (secondary N) is 1. The van der Waals surface area contributed by atoms with E-state index in [0.29, 0.717) is 11.7 Å². The van der Waals surface area contributed by atoms with Gasteiger partial charge in [0.25, 0.3) is 0 Å². The summed E-state index contributed by atoms with van der Waals surface area (Å²) < 4.78 is 6.91. The van der Waals surface area contributed by atoms with E-state index in [1.54, 1.807) is 10.9 Å². The molecule has 0 aliphatic carbocycles. The number of rotatable bonds is 9. The van der Waals surface area contributed by atoms with Crippen LogP contribution in [0.25, 0.3) is 0 Å². The van der Waals surface area contributed by atoms with E-state index in [0.717, 1.165) is 30.2 Å². The largest absolute Gasteiger partial charge is 0.467 e. The van der Waals surface area contributed by atoms with E-state index in [1.165, 1.54) is 11.8 Å². The van der Waals surface area contributed by atoms with Crippen molar-refractivity contribution in [2.75, 3.05) is 29.1 Å². The maximum atomic E-state index is 12.2. The van der Waals surface area contributed by atoms with Gasteiger partial charge in [0.15, 0.2) is 0 Å². The van der Waals surface area contributed by atoms with Crippen LogP contribution in [0.4, 0.5) is 11.4 Å². The molecule has 0 unspecified atom stereocenters. The molecule has 0 bridgehead atoms. The molecular weight excluding hydrogens is 364 g/mol. The number of anilines is 2. The van der Waals surface area contributed by atoms with Gasteiger partial charge in [-0.1, -0.05) is 11.8 Å². The Morgan fingerprint density at radius 2 is 2.00 bits per heavy atom. The summed E-state index contributed by atoms with van der Waals surface area (Å²) in [4.78, 5) is 14.5. The van der Waals surface area contributed by atoms with Crippen LogP contribution < -0.4 is 10.2 Å². The van der Waals surface area contributed by atoms with Crippen LogP contribution in [0.3, 0.4) is 0 Å². The van der Waals surface area contributed by atoms with Gasteiger partial charge >= 0.3 is 0 Å². The summed E-state index contributed by atoms with van der Waals surface area (Å²) >= 11 is 1.28. The number of hydrogen-bond acceptors (Lipinski definition) is 7. The predicted octanol–water partition coefficient (Wildman–Crippen LogP) is 2.89. The zero-order chi connectivity index (χ0) is 19.1. The highest BCUT2D eigenvalue weighted by atomic mass is 32.2. The summed E-state index contributed by atoms with van der Waals surface area (Å²) in [6, 6.07) is 11.5. The second-order valence-electron chi connectivity index (χ2n) is 5.75. The summed E-state index contributed by atoms with van der Waals surface area (Å²) in [6.07, 6.45) is 1.60. The van der Waals surface area contributed by atoms with Crippen LogP contribution in [-0.4, -0.2) is 45.0 Å². The fraction of sp³-hybridized carbons (Fsp3) is 0.333. The molecule has 0 aliphatic heterocycles. The van der Waals surface area contributed by atoms with Crippen LogP contribution in [0.15, 0.2) is 52.2 Å². The topological polar surface area (TPSA) is 89.1 Å². The monoisotopic (exact) mass is 386 g/mol. The van der Waals surface area contributed by atoms with Crippen molar-refractivity contribution in [2.45, 2.75) is 25.5 Å². The molecule has 0 spiro atoms. The number of benzene rings is 1. The number of nitrogens with zero attached hydrogens (tertiary/aromatic N) is 5. The van der Waals surface area contributed by atoms with E-state index in [9.17, 15) is 4.79 Å². The summed E-state index contributed by atoms with van der Waals surface area (Å²) in [5, 5.41) is 15.0. The molecule has 27 heavy (non-hydrogen) atoms. The van der Waals surface area contributed by atoms with Crippen molar-refractivity contribution in [2.24, 2.45) is 0 Å². The highest BCUT2D eigenvalue weighted by molar-refractivity contribution is 7.99. The van der Waals surface area contributed by atoms with Crippen molar-refractivity contribution in [3.8, 4) is 0 Å². The first-order chi connectivity index (χ1) is 13.2. The van der Waals surface area contributed by atoms with Gasteiger partial charge in [0, 0.05) is 24.5 Å². The molecule has 3 aromatic rings. The Kier molecular flexibility index (Phi) is 6.48. The highest BCUT2D eigenvalue weighted by Gasteiger charge is 2.12. The maximum absolute atomic E-state index is 12.2. The van der Waals surface area contributed by atoms with Crippen LogP contribution in [-0.2, 0) is 11.3 Å². The Balaban J connectivity index is 1.52. The lowest BCUT2D eigenvalue weighted by Crippen LogP contribution is -2.21. The maximum Gasteiger partial charge on any atom is 0.234 e. The average molecular weight is 386 g/mol. The third-order valence-corrected chi connectivity index (χ3v) is 4.95. The number of hydrogen-bond donors (Lipinski definition) is 1. The van der Waals surface area contributed by atoms with Crippen molar-refractivity contribution in [3.63, 3.8) is 0 Å². The molecule has 0 saturated heterocycles. The third-order valence-electron chi connectivity index (χ3n) is 4.00. The van der Waals surface area contributed by atoms with Gasteiger partial charge in [-0.25, -0.2) is 4.68 Å². The molecule has 0 atom stereocenters. The second-order valence-corrected chi connectivity index (χ2v) is 6.70. The predicted molar refractivity (Wildman–Crippen MR) is 105 cm³/mol. The quantitative estimate of drug-likeness (QED) is 0.566. The van der Waals surface area contributed by atoms with Crippen LogP contribution in [0.5, 0.6) is 0 Å². The Morgan fingerprint density at radius 3 is 2.67 bits per heavy atom. The lowest BCUT2D eigenvalue weighted by molar-refractivity contribution is -0.113. The summed E-state index contributed by atoms with van der Waals surface area (Å²) in [6.45, 7) is 6.57. The molecular formula is C18H22N6O2S. The van der Waals surface area contributed by atoms with Crippen molar-refractivity contribution in [1.29, 1.82) is 0 Å². The smallest absolute Gasteiger partial charge is 0.234 e. The van der Waals surface area contributed by atoms with Crippen molar-refractivity contribution < 1.29 is 9.21 Å². The standard InChI is InChI=1S/C18H22N6O2S/c1-3-23(4-2)15-9-7-14(8-10-15)19-17(25)13-27-18-20-21-22-24(18)12-16-6-5-11-26-16/h5-11H,3-4,12-13H2,1-2H3,(H,19,25). The molecule has 0 fully saturated rings. The molecule has 3 rings (SSSR count). The van der Waals surface area contributed by atoms with Gasteiger partial charge in [-0.2, -0.15) is 0 Å². The molecule has 0 aliphatic rings. The first kappa shape index (κ1) is 19.0. The summed E-state index contributed by atoms with van der Waals surface area (Å²) in [5.74, 6) is 0.862. The molecule has 1 N–H and O–H groups in total. The number of carbonyl (C=O) groups is 1. The zero-order valence-corrected chi connectivity index (χ0v) is 16.1. The molecule has 9 heteroatoms. The number of aromatic nitrogens is 4. The van der Waals surface area contributed by atoms with E-state index in [4.69, 9.17) is 4.42 Å². The molecule has 2 aromatic heterocycles. The molecule has 0 saturated carbocycles. The van der Waals surface area contributed by atoms with Crippen molar-refractivity contribution in [3.05, 3.63) is 48.4 Å². The van der Waals surface area contributed by atoms with E-state index < -0.39 is 0 Å². The Hall–Kier alpha value is -2.81. The van der Waals surface area contributed by atoms with Gasteiger partial charge in [0.1, 0.15) is 12.3 Å². The first-order valence-electron chi connectivity index (χ1n) is 8.75. The number of thioether (sulfide) groups is 1. The summed E-state index contributed by atoms with van der Waals surface area (Å²) in [5.41, 5.74) is 1.91.